The number of carbonyl (C=O) groups excluding carboxylic acids is 1. The van der Waals surface area contributed by atoms with Gasteiger partial charge in [0.1, 0.15) is 22.9 Å². The predicted octanol–water partition coefficient (Wildman–Crippen LogP) is 2.87. The van der Waals surface area contributed by atoms with Gasteiger partial charge in [-0.25, -0.2) is 9.79 Å². The number of halogens is 2. The second kappa shape index (κ2) is 7.33. The summed E-state index contributed by atoms with van der Waals surface area (Å²) in [5.74, 6) is -0.488. The Bertz CT molecular complexity index is 864. The van der Waals surface area contributed by atoms with Gasteiger partial charge in [-0.15, -0.1) is 11.3 Å². The van der Waals surface area contributed by atoms with Crippen LogP contribution in [0.15, 0.2) is 17.1 Å². The van der Waals surface area contributed by atoms with Crippen LogP contribution in [0, 0.1) is 0 Å². The zero-order chi connectivity index (χ0) is 18.1. The number of aromatic hydroxyl groups is 1. The van der Waals surface area contributed by atoms with Crippen LogP contribution in [0.25, 0.3) is 0 Å². The van der Waals surface area contributed by atoms with Crippen molar-refractivity contribution in [2.24, 2.45) is 4.99 Å². The molecule has 0 bridgehead atoms. The Kier molecular flexibility index (Phi) is 5.34. The molecule has 1 aliphatic rings. The number of benzene rings is 1. The molecule has 3 rings (SSSR count). The van der Waals surface area contributed by atoms with Gasteiger partial charge in [0.2, 0.25) is 0 Å². The summed E-state index contributed by atoms with van der Waals surface area (Å²) in [5.41, 5.74) is 1.92. The van der Waals surface area contributed by atoms with Crippen LogP contribution in [0.3, 0.4) is 0 Å². The average Bonchev–Trinajstić information content (AvgIpc) is 2.93. The minimum absolute atomic E-state index is 0.0973. The topological polar surface area (TPSA) is 63.3 Å². The van der Waals surface area contributed by atoms with E-state index in [1.54, 1.807) is 6.07 Å². The van der Waals surface area contributed by atoms with Crippen LogP contribution in [0.2, 0.25) is 10.0 Å². The van der Waals surface area contributed by atoms with Crippen molar-refractivity contribution in [2.75, 3.05) is 20.7 Å². The van der Waals surface area contributed by atoms with Crippen molar-refractivity contribution in [2.45, 2.75) is 13.0 Å². The first-order valence-corrected chi connectivity index (χ1v) is 9.24. The number of quaternary nitrogens is 1. The molecule has 1 aromatic carbocycles. The van der Waals surface area contributed by atoms with E-state index in [4.69, 9.17) is 27.9 Å². The third-order valence-electron chi connectivity index (χ3n) is 4.10. The molecule has 5 nitrogen and oxygen atoms in total. The number of phenolic OH excluding ortho intramolecular Hbond substituents is 1. The summed E-state index contributed by atoms with van der Waals surface area (Å²) in [4.78, 5) is 19.2. The van der Waals surface area contributed by atoms with Crippen LogP contribution < -0.4 is 4.90 Å². The molecule has 1 aromatic heterocycles. The number of nitrogens with zero attached hydrogens (tertiary/aromatic N) is 1. The van der Waals surface area contributed by atoms with Crippen LogP contribution in [0.1, 0.15) is 26.4 Å². The van der Waals surface area contributed by atoms with Crippen molar-refractivity contribution >= 4 is 51.7 Å². The lowest BCUT2D eigenvalue weighted by molar-refractivity contribution is -0.895. The summed E-state index contributed by atoms with van der Waals surface area (Å²) in [7, 11) is 3.48. The zero-order valence-electron chi connectivity index (χ0n) is 13.7. The quantitative estimate of drug-likeness (QED) is 0.615. The van der Waals surface area contributed by atoms with Crippen molar-refractivity contribution in [3.05, 3.63) is 43.7 Å². The first kappa shape index (κ1) is 18.2. The second-order valence-corrected chi connectivity index (χ2v) is 7.82. The Labute approximate surface area is 159 Å². The van der Waals surface area contributed by atoms with E-state index in [0.717, 1.165) is 30.0 Å². The number of methoxy groups -OCH3 is 1. The van der Waals surface area contributed by atoms with Gasteiger partial charge in [0, 0.05) is 23.2 Å². The maximum atomic E-state index is 12.2. The van der Waals surface area contributed by atoms with Gasteiger partial charge in [-0.1, -0.05) is 23.2 Å². The third kappa shape index (κ3) is 3.67. The van der Waals surface area contributed by atoms with Crippen LogP contribution in [0.5, 0.6) is 5.75 Å². The summed E-state index contributed by atoms with van der Waals surface area (Å²) in [5, 5.41) is 11.2. The number of fused-ring (bicyclic) bond motifs is 1. The smallest absolute Gasteiger partial charge is 0.341 e. The fourth-order valence-corrected chi connectivity index (χ4v) is 4.62. The minimum Gasteiger partial charge on any atom is -0.506 e. The van der Waals surface area contributed by atoms with Gasteiger partial charge >= 0.3 is 5.97 Å². The summed E-state index contributed by atoms with van der Waals surface area (Å²) < 4.78 is 4.94. The minimum atomic E-state index is -0.391. The van der Waals surface area contributed by atoms with Crippen molar-refractivity contribution in [1.29, 1.82) is 0 Å². The average molecular weight is 400 g/mol. The van der Waals surface area contributed by atoms with E-state index in [9.17, 15) is 9.90 Å². The number of hydrogen-bond acceptors (Lipinski definition) is 5. The molecule has 2 aromatic rings. The van der Waals surface area contributed by atoms with Crippen LogP contribution in [-0.4, -0.2) is 38.0 Å². The van der Waals surface area contributed by atoms with Crippen molar-refractivity contribution in [1.82, 2.24) is 0 Å². The molecule has 1 aliphatic heterocycles. The zero-order valence-corrected chi connectivity index (χ0v) is 16.1. The highest BCUT2D eigenvalue weighted by molar-refractivity contribution is 7.16. The molecule has 2 heterocycles. The summed E-state index contributed by atoms with van der Waals surface area (Å²) in [6, 6.07) is 3.02. The van der Waals surface area contributed by atoms with Gasteiger partial charge in [0.05, 0.1) is 30.6 Å². The molecule has 0 radical (unpaired) electrons. The van der Waals surface area contributed by atoms with Crippen molar-refractivity contribution in [3.63, 3.8) is 0 Å². The van der Waals surface area contributed by atoms with E-state index in [2.05, 4.69) is 12.0 Å². The Morgan fingerprint density at radius 2 is 2.20 bits per heavy atom. The molecule has 1 atom stereocenters. The first-order chi connectivity index (χ1) is 11.9. The van der Waals surface area contributed by atoms with Gasteiger partial charge in [-0.3, -0.25) is 0 Å². The van der Waals surface area contributed by atoms with Crippen LogP contribution in [0.4, 0.5) is 5.00 Å². The Morgan fingerprint density at radius 3 is 2.92 bits per heavy atom. The molecule has 0 spiro atoms. The van der Waals surface area contributed by atoms with E-state index >= 15 is 0 Å². The third-order valence-corrected chi connectivity index (χ3v) is 5.75. The lowest BCUT2D eigenvalue weighted by atomic mass is 10.0. The van der Waals surface area contributed by atoms with E-state index in [0.29, 0.717) is 21.2 Å². The standard InChI is InChI=1S/C17H16Cl2N2O3S/c1-21-4-3-11-13(8-21)25-16(14(11)17(23)24-2)20-7-9-5-10(18)6-12(19)15(9)22/h5-7,22H,3-4,8H2,1-2H3/p+1/b20-7+. The number of phenols is 1. The number of thiophene rings is 1. The van der Waals surface area contributed by atoms with Gasteiger partial charge in [-0.2, -0.15) is 0 Å². The lowest BCUT2D eigenvalue weighted by Gasteiger charge is -2.19. The maximum Gasteiger partial charge on any atom is 0.341 e. The first-order valence-electron chi connectivity index (χ1n) is 7.67. The number of likely N-dealkylation sites (N-methyl/N-ethyl adjacent to an activating group) is 1. The molecule has 0 fully saturated rings. The Hall–Kier alpha value is -1.60. The van der Waals surface area contributed by atoms with E-state index in [1.165, 1.54) is 35.6 Å². The molecular formula is C17H17Cl2N2O3S+. The number of rotatable bonds is 3. The molecular weight excluding hydrogens is 383 g/mol. The monoisotopic (exact) mass is 399 g/mol. The maximum absolute atomic E-state index is 12.2. The molecule has 0 saturated carbocycles. The summed E-state index contributed by atoms with van der Waals surface area (Å²) in [6.07, 6.45) is 2.28. The van der Waals surface area contributed by atoms with E-state index < -0.39 is 5.97 Å². The number of hydrogen-bond donors (Lipinski definition) is 2. The Balaban J connectivity index is 2.04. The number of esters is 1. The molecule has 0 amide bonds. The molecule has 132 valence electrons. The number of carbonyl (C=O) groups is 1. The number of aliphatic imine (C=N–C) groups is 1. The van der Waals surface area contributed by atoms with Gasteiger partial charge in [0.15, 0.2) is 0 Å². The molecule has 0 aliphatic carbocycles. The molecule has 2 N–H and O–H groups in total. The second-order valence-electron chi connectivity index (χ2n) is 5.89. The molecule has 0 saturated heterocycles. The predicted molar refractivity (Wildman–Crippen MR) is 100 cm³/mol. The summed E-state index contributed by atoms with van der Waals surface area (Å²) >= 11 is 13.4. The van der Waals surface area contributed by atoms with E-state index in [-0.39, 0.29) is 10.8 Å². The number of ether oxygens (including phenoxy) is 1. The lowest BCUT2D eigenvalue weighted by Crippen LogP contribution is -3.08. The van der Waals surface area contributed by atoms with Crippen molar-refractivity contribution in [3.8, 4) is 5.75 Å². The highest BCUT2D eigenvalue weighted by Gasteiger charge is 2.29. The van der Waals surface area contributed by atoms with Crippen molar-refractivity contribution < 1.29 is 19.5 Å². The molecule has 1 unspecified atom stereocenters. The highest BCUT2D eigenvalue weighted by atomic mass is 35.5. The van der Waals surface area contributed by atoms with Gasteiger partial charge in [-0.05, 0) is 17.7 Å². The number of nitrogens with one attached hydrogen (secondary N) is 1. The summed E-state index contributed by atoms with van der Waals surface area (Å²) in [6.45, 7) is 1.81. The largest absolute Gasteiger partial charge is 0.506 e. The van der Waals surface area contributed by atoms with Gasteiger partial charge in [0.25, 0.3) is 0 Å². The fourth-order valence-electron chi connectivity index (χ4n) is 2.82. The van der Waals surface area contributed by atoms with Crippen LogP contribution >= 0.6 is 34.5 Å². The SMILES string of the molecule is COC(=O)c1c(/N=C/c2cc(Cl)cc(Cl)c2O)sc2c1CC[NH+](C)C2. The van der Waals surface area contributed by atoms with E-state index in [1.807, 2.05) is 0 Å². The normalized spacial score (nSPS) is 16.9. The Morgan fingerprint density at radius 1 is 1.44 bits per heavy atom. The molecule has 25 heavy (non-hydrogen) atoms. The highest BCUT2D eigenvalue weighted by Crippen LogP contribution is 2.38. The molecule has 8 heteroatoms. The fraction of sp³-hybridized carbons (Fsp3) is 0.294. The van der Waals surface area contributed by atoms with Crippen LogP contribution in [-0.2, 0) is 17.7 Å². The van der Waals surface area contributed by atoms with Gasteiger partial charge < -0.3 is 14.7 Å².